The summed E-state index contributed by atoms with van der Waals surface area (Å²) in [6.07, 6.45) is 1.85. The maximum absolute atomic E-state index is 11.3. The quantitative estimate of drug-likeness (QED) is 0.203. The van der Waals surface area contributed by atoms with E-state index in [1.165, 1.54) is 11.1 Å². The van der Waals surface area contributed by atoms with Crippen LogP contribution in [0.25, 0.3) is 83.5 Å². The fourth-order valence-electron chi connectivity index (χ4n) is 7.33. The second-order valence-electron chi connectivity index (χ2n) is 14.5. The van der Waals surface area contributed by atoms with Gasteiger partial charge in [0.15, 0.2) is 11.4 Å². The smallest absolute Gasteiger partial charge is 0.180 e. The third kappa shape index (κ3) is 5.14. The monoisotopic (exact) mass is 664 g/mol. The molecule has 0 atom stereocenters. The van der Waals surface area contributed by atoms with Gasteiger partial charge in [-0.2, -0.15) is 0 Å². The highest BCUT2D eigenvalue weighted by molar-refractivity contribution is 6.09. The number of furan rings is 1. The van der Waals surface area contributed by atoms with E-state index in [1.54, 1.807) is 6.07 Å². The van der Waals surface area contributed by atoms with Crippen LogP contribution >= 0.6 is 0 Å². The average molecular weight is 665 g/mol. The summed E-state index contributed by atoms with van der Waals surface area (Å²) in [5, 5.41) is 14.4. The molecule has 0 aliphatic rings. The van der Waals surface area contributed by atoms with E-state index in [0.717, 1.165) is 60.8 Å². The Morgan fingerprint density at radius 2 is 1.37 bits per heavy atom. The van der Waals surface area contributed by atoms with Crippen molar-refractivity contribution in [1.82, 2.24) is 19.5 Å². The van der Waals surface area contributed by atoms with Crippen molar-refractivity contribution in [1.29, 1.82) is 0 Å². The minimum absolute atomic E-state index is 0.127. The molecule has 51 heavy (non-hydrogen) atoms. The molecule has 0 spiro atoms. The zero-order valence-electron chi connectivity index (χ0n) is 29.2. The number of hydrogen-bond donors (Lipinski definition) is 1. The van der Waals surface area contributed by atoms with E-state index in [1.807, 2.05) is 48.7 Å². The van der Waals surface area contributed by atoms with Crippen molar-refractivity contribution in [3.05, 3.63) is 138 Å². The van der Waals surface area contributed by atoms with Crippen molar-refractivity contribution >= 4 is 44.0 Å². The van der Waals surface area contributed by atoms with E-state index in [2.05, 4.69) is 106 Å². The van der Waals surface area contributed by atoms with Crippen LogP contribution in [-0.2, 0) is 5.41 Å². The summed E-state index contributed by atoms with van der Waals surface area (Å²) in [4.78, 5) is 15.2. The molecule has 0 saturated carbocycles. The van der Waals surface area contributed by atoms with Crippen molar-refractivity contribution in [3.8, 4) is 45.2 Å². The van der Waals surface area contributed by atoms with E-state index in [-0.39, 0.29) is 11.2 Å². The molecule has 0 radical (unpaired) electrons. The van der Waals surface area contributed by atoms with Gasteiger partial charge in [0.05, 0.1) is 11.1 Å². The second-order valence-corrected chi connectivity index (χ2v) is 14.5. The molecule has 0 saturated heterocycles. The Morgan fingerprint density at radius 3 is 2.18 bits per heavy atom. The number of pyridine rings is 1. The topological polar surface area (TPSA) is 77.0 Å². The minimum atomic E-state index is -0.136. The SMILES string of the molecule is Cc1cc(C)cc(-c2cc(-c3nc(-c4cc(C(C)(C)C)ccc4O)nc4c3oc3ccccc34)cc(-n3c4ccccc4c4cccnc43)c2)c1. The molecule has 4 aromatic heterocycles. The molecule has 6 heteroatoms. The molecule has 0 aliphatic carbocycles. The van der Waals surface area contributed by atoms with Crippen molar-refractivity contribution in [2.24, 2.45) is 0 Å². The molecular weight excluding hydrogens is 629 g/mol. The van der Waals surface area contributed by atoms with Crippen LogP contribution in [0, 0.1) is 13.8 Å². The number of rotatable bonds is 4. The van der Waals surface area contributed by atoms with Crippen molar-refractivity contribution < 1.29 is 9.52 Å². The van der Waals surface area contributed by atoms with Gasteiger partial charge in [0, 0.05) is 33.6 Å². The van der Waals surface area contributed by atoms with Crippen LogP contribution in [0.1, 0.15) is 37.5 Å². The lowest BCUT2D eigenvalue weighted by atomic mass is 9.86. The van der Waals surface area contributed by atoms with Gasteiger partial charge in [-0.15, -0.1) is 0 Å². The molecule has 0 unspecified atom stereocenters. The highest BCUT2D eigenvalue weighted by atomic mass is 16.3. The number of aromatic hydroxyl groups is 1. The van der Waals surface area contributed by atoms with Gasteiger partial charge >= 0.3 is 0 Å². The number of para-hydroxylation sites is 2. The molecule has 4 heterocycles. The zero-order valence-corrected chi connectivity index (χ0v) is 29.2. The fraction of sp³-hybridized carbons (Fsp3) is 0.133. The standard InChI is InChI=1S/C45H36N4O2/c1-26-19-27(2)21-28(20-26)29-22-30(24-32(23-29)49-37-14-8-6-11-33(37)34-13-10-18-46-44(34)49)40-42-41(35-12-7-9-15-39(35)51-42)48-43(47-40)36-25-31(45(3,4)5)16-17-38(36)50/h6-25,50H,1-5H3. The van der Waals surface area contributed by atoms with Crippen molar-refractivity contribution in [2.45, 2.75) is 40.0 Å². The van der Waals surface area contributed by atoms with Crippen LogP contribution in [0.15, 0.2) is 126 Å². The summed E-state index contributed by atoms with van der Waals surface area (Å²) in [5.74, 6) is 0.562. The molecule has 6 nitrogen and oxygen atoms in total. The first kappa shape index (κ1) is 30.8. The number of aryl methyl sites for hydroxylation is 2. The molecule has 1 N–H and O–H groups in total. The van der Waals surface area contributed by atoms with Gasteiger partial charge in [-0.25, -0.2) is 15.0 Å². The number of fused-ring (bicyclic) bond motifs is 6. The maximum atomic E-state index is 11.3. The highest BCUT2D eigenvalue weighted by Gasteiger charge is 2.23. The summed E-state index contributed by atoms with van der Waals surface area (Å²) in [5.41, 5.74) is 12.5. The molecule has 0 aliphatic heterocycles. The zero-order chi connectivity index (χ0) is 35.0. The molecule has 0 amide bonds. The fourth-order valence-corrected chi connectivity index (χ4v) is 7.33. The lowest BCUT2D eigenvalue weighted by Gasteiger charge is -2.20. The number of benzene rings is 5. The van der Waals surface area contributed by atoms with E-state index in [0.29, 0.717) is 28.2 Å². The second kappa shape index (κ2) is 11.4. The summed E-state index contributed by atoms with van der Waals surface area (Å²) >= 11 is 0. The largest absolute Gasteiger partial charge is 0.507 e. The molecule has 248 valence electrons. The Hall–Kier alpha value is -6.27. The molecule has 9 aromatic rings. The van der Waals surface area contributed by atoms with Gasteiger partial charge in [-0.3, -0.25) is 4.57 Å². The van der Waals surface area contributed by atoms with Crippen molar-refractivity contribution in [3.63, 3.8) is 0 Å². The Kier molecular flexibility index (Phi) is 6.87. The first-order valence-corrected chi connectivity index (χ1v) is 17.2. The number of nitrogens with zero attached hydrogens (tertiary/aromatic N) is 4. The van der Waals surface area contributed by atoms with E-state index in [4.69, 9.17) is 19.4 Å². The van der Waals surface area contributed by atoms with Crippen LogP contribution in [0.2, 0.25) is 0 Å². The van der Waals surface area contributed by atoms with Crippen LogP contribution in [0.5, 0.6) is 5.75 Å². The van der Waals surface area contributed by atoms with E-state index in [9.17, 15) is 5.11 Å². The number of aromatic nitrogens is 4. The van der Waals surface area contributed by atoms with Crippen LogP contribution < -0.4 is 0 Å². The average Bonchev–Trinajstić information content (AvgIpc) is 3.66. The highest BCUT2D eigenvalue weighted by Crippen LogP contribution is 2.41. The Bertz CT molecular complexity index is 2760. The lowest BCUT2D eigenvalue weighted by Crippen LogP contribution is -2.11. The first-order valence-electron chi connectivity index (χ1n) is 17.2. The predicted molar refractivity (Wildman–Crippen MR) is 208 cm³/mol. The van der Waals surface area contributed by atoms with Crippen LogP contribution in [-0.4, -0.2) is 24.6 Å². The van der Waals surface area contributed by atoms with Gasteiger partial charge in [0.2, 0.25) is 0 Å². The summed E-state index contributed by atoms with van der Waals surface area (Å²) in [7, 11) is 0. The molecule has 5 aromatic carbocycles. The van der Waals surface area contributed by atoms with Gasteiger partial charge in [0.25, 0.3) is 0 Å². The van der Waals surface area contributed by atoms with Gasteiger partial charge in [-0.05, 0) is 96.6 Å². The molecular formula is C45H36N4O2. The van der Waals surface area contributed by atoms with Crippen LogP contribution in [0.3, 0.4) is 0 Å². The summed E-state index contributed by atoms with van der Waals surface area (Å²) < 4.78 is 8.82. The molecule has 0 bridgehead atoms. The van der Waals surface area contributed by atoms with E-state index >= 15 is 0 Å². The molecule has 9 rings (SSSR count). The minimum Gasteiger partial charge on any atom is -0.507 e. The third-order valence-electron chi connectivity index (χ3n) is 9.76. The number of phenolic OH excluding ortho intramolecular Hbond substituents is 1. The molecule has 0 fully saturated rings. The third-order valence-corrected chi connectivity index (χ3v) is 9.76. The van der Waals surface area contributed by atoms with Crippen LogP contribution in [0.4, 0.5) is 0 Å². The summed E-state index contributed by atoms with van der Waals surface area (Å²) in [6, 6.07) is 39.4. The van der Waals surface area contributed by atoms with Gasteiger partial charge < -0.3 is 9.52 Å². The lowest BCUT2D eigenvalue weighted by molar-refractivity contribution is 0.475. The number of phenols is 1. The Balaban J connectivity index is 1.39. The Labute approximate surface area is 295 Å². The maximum Gasteiger partial charge on any atom is 0.180 e. The first-order chi connectivity index (χ1) is 24.6. The van der Waals surface area contributed by atoms with E-state index < -0.39 is 0 Å². The van der Waals surface area contributed by atoms with Crippen molar-refractivity contribution in [2.75, 3.05) is 0 Å². The predicted octanol–water partition coefficient (Wildman–Crippen LogP) is 11.5. The van der Waals surface area contributed by atoms with Gasteiger partial charge in [-0.1, -0.05) is 86.5 Å². The number of hydrogen-bond acceptors (Lipinski definition) is 5. The summed E-state index contributed by atoms with van der Waals surface area (Å²) in [6.45, 7) is 10.7. The normalized spacial score (nSPS) is 12.1. The Morgan fingerprint density at radius 1 is 0.667 bits per heavy atom. The van der Waals surface area contributed by atoms with Gasteiger partial charge in [0.1, 0.15) is 28.2 Å².